The first-order valence-corrected chi connectivity index (χ1v) is 15.8. The van der Waals surface area contributed by atoms with Crippen molar-refractivity contribution in [3.05, 3.63) is 46.0 Å². The Morgan fingerprint density at radius 3 is 2.48 bits per heavy atom. The van der Waals surface area contributed by atoms with Gasteiger partial charge in [0, 0.05) is 18.6 Å². The summed E-state index contributed by atoms with van der Waals surface area (Å²) in [5, 5.41) is 10.9. The largest absolute Gasteiger partial charge is 0.514 e. The van der Waals surface area contributed by atoms with Crippen LogP contribution in [-0.4, -0.2) is 17.2 Å². The molecule has 0 aliphatic heterocycles. The van der Waals surface area contributed by atoms with E-state index in [1.807, 2.05) is 0 Å². The van der Waals surface area contributed by atoms with E-state index in [-0.39, 0.29) is 23.0 Å². The lowest BCUT2D eigenvalue weighted by atomic mass is 9.47. The highest BCUT2D eigenvalue weighted by molar-refractivity contribution is 5.64. The summed E-state index contributed by atoms with van der Waals surface area (Å²) < 4.78 is 11.1. The third-order valence-electron chi connectivity index (χ3n) is 11.8. The quantitative estimate of drug-likeness (QED) is 0.106. The van der Waals surface area contributed by atoms with Gasteiger partial charge in [-0.25, -0.2) is 4.79 Å². The van der Waals surface area contributed by atoms with Gasteiger partial charge in [-0.1, -0.05) is 65.5 Å². The lowest BCUT2D eigenvalue weighted by Gasteiger charge is -2.58. The van der Waals surface area contributed by atoms with Gasteiger partial charge < -0.3 is 9.47 Å². The van der Waals surface area contributed by atoms with Gasteiger partial charge in [0.1, 0.15) is 11.9 Å². The van der Waals surface area contributed by atoms with Crippen LogP contribution < -0.4 is 4.74 Å². The van der Waals surface area contributed by atoms with Crippen LogP contribution in [0.4, 0.5) is 10.5 Å². The number of nitrogens with zero attached hydrogens (tertiary/aromatic N) is 1. The van der Waals surface area contributed by atoms with Crippen LogP contribution in [0, 0.1) is 56.5 Å². The number of nitro groups is 1. The van der Waals surface area contributed by atoms with Crippen molar-refractivity contribution in [2.24, 2.45) is 46.3 Å². The monoisotopic (exact) mass is 551 g/mol. The summed E-state index contributed by atoms with van der Waals surface area (Å²) in [6.07, 6.45) is 15.1. The molecule has 1 aromatic rings. The number of hydrogen-bond acceptors (Lipinski definition) is 5. The number of non-ortho nitro benzene ring substituents is 1. The molecular weight excluding hydrogens is 502 g/mol. The molecule has 0 N–H and O–H groups in total. The molecule has 3 saturated carbocycles. The number of ether oxygens (including phenoxy) is 2. The van der Waals surface area contributed by atoms with Gasteiger partial charge in [0.05, 0.1) is 4.92 Å². The summed E-state index contributed by atoms with van der Waals surface area (Å²) in [7, 11) is 0. The maximum absolute atomic E-state index is 12.5. The summed E-state index contributed by atoms with van der Waals surface area (Å²) in [5.74, 6) is 5.11. The summed E-state index contributed by atoms with van der Waals surface area (Å²) in [6.45, 7) is 12.4. The van der Waals surface area contributed by atoms with Crippen molar-refractivity contribution in [1.82, 2.24) is 0 Å². The van der Waals surface area contributed by atoms with E-state index < -0.39 is 11.1 Å². The Bertz CT molecular complexity index is 1110. The number of nitro benzene ring substituents is 1. The van der Waals surface area contributed by atoms with Crippen molar-refractivity contribution in [3.63, 3.8) is 0 Å². The summed E-state index contributed by atoms with van der Waals surface area (Å²) in [5.41, 5.74) is 2.13. The van der Waals surface area contributed by atoms with E-state index in [2.05, 4.69) is 40.7 Å². The van der Waals surface area contributed by atoms with Crippen molar-refractivity contribution in [3.8, 4) is 5.75 Å². The molecule has 6 nitrogen and oxygen atoms in total. The molecule has 4 aliphatic rings. The van der Waals surface area contributed by atoms with Gasteiger partial charge in [0.2, 0.25) is 0 Å². The fraction of sp³-hybridized carbons (Fsp3) is 0.735. The molecule has 0 saturated heterocycles. The van der Waals surface area contributed by atoms with Crippen LogP contribution in [0.2, 0.25) is 0 Å². The van der Waals surface area contributed by atoms with Crippen molar-refractivity contribution < 1.29 is 19.2 Å². The zero-order valence-corrected chi connectivity index (χ0v) is 25.2. The lowest BCUT2D eigenvalue weighted by Crippen LogP contribution is -2.51. The molecule has 5 rings (SSSR count). The van der Waals surface area contributed by atoms with Gasteiger partial charge >= 0.3 is 6.16 Å². The van der Waals surface area contributed by atoms with Crippen molar-refractivity contribution in [2.75, 3.05) is 0 Å². The number of hydrogen-bond donors (Lipinski definition) is 0. The van der Waals surface area contributed by atoms with E-state index >= 15 is 0 Å². The third kappa shape index (κ3) is 5.56. The van der Waals surface area contributed by atoms with Gasteiger partial charge in [-0.2, -0.15) is 0 Å². The summed E-state index contributed by atoms with van der Waals surface area (Å²) in [4.78, 5) is 22.9. The molecule has 8 atom stereocenters. The third-order valence-corrected chi connectivity index (χ3v) is 11.8. The fourth-order valence-electron chi connectivity index (χ4n) is 9.64. The Morgan fingerprint density at radius 1 is 1.02 bits per heavy atom. The van der Waals surface area contributed by atoms with E-state index in [1.165, 1.54) is 81.2 Å². The highest BCUT2D eigenvalue weighted by Gasteiger charge is 2.59. The number of benzene rings is 1. The lowest BCUT2D eigenvalue weighted by molar-refractivity contribution is -0.384. The average Bonchev–Trinajstić information content (AvgIpc) is 3.26. The Hall–Kier alpha value is -2.37. The maximum atomic E-state index is 12.5. The second-order valence-electron chi connectivity index (χ2n) is 14.4. The topological polar surface area (TPSA) is 78.7 Å². The molecule has 0 radical (unpaired) electrons. The zero-order chi connectivity index (χ0) is 28.7. The summed E-state index contributed by atoms with van der Waals surface area (Å²) >= 11 is 0. The number of carbonyl (C=O) groups is 1. The van der Waals surface area contributed by atoms with Crippen LogP contribution in [0.25, 0.3) is 0 Å². The molecular formula is C34H49NO5. The van der Waals surface area contributed by atoms with E-state index in [0.29, 0.717) is 5.41 Å². The highest BCUT2D eigenvalue weighted by Crippen LogP contribution is 2.67. The first-order valence-electron chi connectivity index (χ1n) is 15.8. The molecule has 40 heavy (non-hydrogen) atoms. The van der Waals surface area contributed by atoms with Crippen LogP contribution in [0.15, 0.2) is 35.9 Å². The molecule has 4 aliphatic carbocycles. The SMILES string of the molecule is CC(C)CCC[C@@H](C)[C@H]1CC[C@H]2[C@@H]3CC=C4C[C@@H](OC(=O)Oc5ccc([N+](=O)[O-])cc5)CC[C@]4(C)[C@H]3CC[C@]12C. The van der Waals surface area contributed by atoms with Crippen LogP contribution in [0.5, 0.6) is 5.75 Å². The molecule has 6 heteroatoms. The standard InChI is InChI=1S/C34H49NO5/c1-22(2)7-6-8-23(3)29-15-16-30-28-14-9-24-21-27(17-19-33(24,4)31(28)18-20-34(29,30)5)40-32(36)39-26-12-10-25(11-13-26)35(37)38/h9-13,22-23,27-31H,6-8,14-21H2,1-5H3/t23-,27+,28+,29-,30+,31+,33+,34-/m1/s1. The van der Waals surface area contributed by atoms with Crippen molar-refractivity contribution in [2.45, 2.75) is 111 Å². The van der Waals surface area contributed by atoms with E-state index in [4.69, 9.17) is 9.47 Å². The van der Waals surface area contributed by atoms with Crippen LogP contribution in [-0.2, 0) is 4.74 Å². The molecule has 0 aromatic heterocycles. The van der Waals surface area contributed by atoms with Crippen LogP contribution >= 0.6 is 0 Å². The number of rotatable bonds is 8. The number of fused-ring (bicyclic) bond motifs is 5. The predicted molar refractivity (Wildman–Crippen MR) is 157 cm³/mol. The minimum atomic E-state index is -0.732. The minimum absolute atomic E-state index is 0.0397. The predicted octanol–water partition coefficient (Wildman–Crippen LogP) is 9.52. The van der Waals surface area contributed by atoms with Gasteiger partial charge in [-0.3, -0.25) is 10.1 Å². The summed E-state index contributed by atoms with van der Waals surface area (Å²) in [6, 6.07) is 5.51. The Labute approximate surface area is 240 Å². The van der Waals surface area contributed by atoms with Gasteiger partial charge in [-0.05, 0) is 103 Å². The van der Waals surface area contributed by atoms with Gasteiger partial charge in [-0.15, -0.1) is 0 Å². The molecule has 1 aromatic carbocycles. The zero-order valence-electron chi connectivity index (χ0n) is 25.2. The van der Waals surface area contributed by atoms with Crippen molar-refractivity contribution in [1.29, 1.82) is 0 Å². The van der Waals surface area contributed by atoms with E-state index in [1.54, 1.807) is 0 Å². The molecule has 220 valence electrons. The molecule has 0 spiro atoms. The average molecular weight is 552 g/mol. The number of carbonyl (C=O) groups excluding carboxylic acids is 1. The van der Waals surface area contributed by atoms with Crippen LogP contribution in [0.3, 0.4) is 0 Å². The highest BCUT2D eigenvalue weighted by atomic mass is 16.7. The first-order chi connectivity index (χ1) is 19.0. The Kier molecular flexibility index (Phi) is 8.37. The molecule has 0 unspecified atom stereocenters. The first kappa shape index (κ1) is 29.1. The van der Waals surface area contributed by atoms with Gasteiger partial charge in [0.25, 0.3) is 5.69 Å². The molecule has 0 heterocycles. The fourth-order valence-corrected chi connectivity index (χ4v) is 9.64. The second kappa shape index (κ2) is 11.5. The van der Waals surface area contributed by atoms with E-state index in [9.17, 15) is 14.9 Å². The second-order valence-corrected chi connectivity index (χ2v) is 14.4. The Morgan fingerprint density at radius 2 is 1.77 bits per heavy atom. The normalized spacial score (nSPS) is 35.6. The maximum Gasteiger partial charge on any atom is 0.514 e. The number of allylic oxidation sites excluding steroid dienone is 1. The smallest absolute Gasteiger partial charge is 0.430 e. The molecule has 0 bridgehead atoms. The van der Waals surface area contributed by atoms with Gasteiger partial charge in [0.15, 0.2) is 0 Å². The van der Waals surface area contributed by atoms with E-state index in [0.717, 1.165) is 54.8 Å². The Balaban J connectivity index is 1.20. The van der Waals surface area contributed by atoms with Crippen molar-refractivity contribution >= 4 is 11.8 Å². The molecule has 3 fully saturated rings. The molecule has 0 amide bonds. The van der Waals surface area contributed by atoms with Crippen LogP contribution in [0.1, 0.15) is 105 Å². The minimum Gasteiger partial charge on any atom is -0.430 e.